The molecule has 2 aromatic heterocycles. The second-order valence-electron chi connectivity index (χ2n) is 6.20. The van der Waals surface area contributed by atoms with Crippen molar-refractivity contribution in [3.63, 3.8) is 0 Å². The number of halogens is 2. The van der Waals surface area contributed by atoms with Gasteiger partial charge in [-0.2, -0.15) is 15.4 Å². The average molecular weight is 371 g/mol. The Morgan fingerprint density at radius 1 is 1.22 bits per heavy atom. The van der Waals surface area contributed by atoms with E-state index in [4.69, 9.17) is 0 Å². The number of aromatic nitrogens is 5. The number of hydrogen-bond donors (Lipinski definition) is 1. The summed E-state index contributed by atoms with van der Waals surface area (Å²) in [5.74, 6) is -1.08. The van der Waals surface area contributed by atoms with Crippen LogP contribution in [0, 0.1) is 11.6 Å². The monoisotopic (exact) mass is 371 g/mol. The van der Waals surface area contributed by atoms with Crippen LogP contribution in [0.15, 0.2) is 36.8 Å². The number of carbonyl (C=O) groups is 1. The molecular weight excluding hydrogens is 356 g/mol. The lowest BCUT2D eigenvalue weighted by atomic mass is 10.1. The molecule has 0 atom stereocenters. The summed E-state index contributed by atoms with van der Waals surface area (Å²) in [5, 5.41) is 9.80. The summed E-state index contributed by atoms with van der Waals surface area (Å²) in [5.41, 5.74) is 0.797. The molecule has 4 rings (SSSR count). The second-order valence-corrected chi connectivity index (χ2v) is 6.20. The number of benzene rings is 1. The predicted octanol–water partition coefficient (Wildman–Crippen LogP) is 1.50. The number of H-pyrrole nitrogens is 1. The van der Waals surface area contributed by atoms with Crippen LogP contribution >= 0.6 is 0 Å². The van der Waals surface area contributed by atoms with Crippen molar-refractivity contribution >= 4 is 11.7 Å². The van der Waals surface area contributed by atoms with Crippen molar-refractivity contribution in [2.24, 2.45) is 0 Å². The number of nitrogens with zero attached hydrogens (tertiary/aromatic N) is 6. The van der Waals surface area contributed by atoms with Crippen molar-refractivity contribution in [1.29, 1.82) is 0 Å². The lowest BCUT2D eigenvalue weighted by Crippen LogP contribution is -2.60. The van der Waals surface area contributed by atoms with E-state index in [0.29, 0.717) is 18.7 Å². The Hall–Kier alpha value is -3.43. The molecule has 3 aromatic rings. The van der Waals surface area contributed by atoms with Gasteiger partial charge in [-0.3, -0.25) is 4.79 Å². The Kier molecular flexibility index (Phi) is 4.22. The quantitative estimate of drug-likeness (QED) is 0.747. The number of carbonyl (C=O) groups excluding carboxylic acids is 1. The largest absolute Gasteiger partial charge is 0.350 e. The standard InChI is InChI=1S/C17H15F2N7O/c1-25(17(27)13-6-22-24-23-13)12-7-26(8-12)16-14(19)15(20-9-21-16)10-2-4-11(18)5-3-10/h2-6,9,12H,7-8H2,1H3,(H,22,23,24). The van der Waals surface area contributed by atoms with E-state index in [2.05, 4.69) is 25.4 Å². The van der Waals surface area contributed by atoms with Crippen molar-refractivity contribution in [3.05, 3.63) is 54.1 Å². The van der Waals surface area contributed by atoms with Crippen LogP contribution in [0.5, 0.6) is 0 Å². The van der Waals surface area contributed by atoms with Crippen LogP contribution in [-0.4, -0.2) is 62.4 Å². The first-order valence-corrected chi connectivity index (χ1v) is 8.19. The van der Waals surface area contributed by atoms with Gasteiger partial charge < -0.3 is 9.80 Å². The van der Waals surface area contributed by atoms with Gasteiger partial charge in [0.2, 0.25) is 0 Å². The minimum absolute atomic E-state index is 0.0992. The molecule has 0 unspecified atom stereocenters. The van der Waals surface area contributed by atoms with Gasteiger partial charge in [0, 0.05) is 25.7 Å². The lowest BCUT2D eigenvalue weighted by molar-refractivity contribution is 0.0698. The molecule has 10 heteroatoms. The number of rotatable bonds is 4. The number of likely N-dealkylation sites (N-methyl/N-ethyl adjacent to an activating group) is 1. The summed E-state index contributed by atoms with van der Waals surface area (Å²) in [4.78, 5) is 23.5. The van der Waals surface area contributed by atoms with Crippen LogP contribution < -0.4 is 4.90 Å². The van der Waals surface area contributed by atoms with Crippen LogP contribution in [0.4, 0.5) is 14.6 Å². The van der Waals surface area contributed by atoms with Gasteiger partial charge in [-0.25, -0.2) is 18.7 Å². The van der Waals surface area contributed by atoms with Crippen molar-refractivity contribution in [3.8, 4) is 11.3 Å². The Morgan fingerprint density at radius 3 is 2.63 bits per heavy atom. The Morgan fingerprint density at radius 2 is 1.96 bits per heavy atom. The lowest BCUT2D eigenvalue weighted by Gasteiger charge is -2.44. The second kappa shape index (κ2) is 6.71. The van der Waals surface area contributed by atoms with Gasteiger partial charge in [-0.1, -0.05) is 0 Å². The number of amides is 1. The highest BCUT2D eigenvalue weighted by Gasteiger charge is 2.36. The molecule has 1 amide bonds. The van der Waals surface area contributed by atoms with Crippen LogP contribution in [0.1, 0.15) is 10.5 Å². The number of anilines is 1. The maximum atomic E-state index is 14.9. The molecule has 1 fully saturated rings. The molecule has 3 heterocycles. The SMILES string of the molecule is CN(C(=O)c1cn[nH]n1)C1CN(c2ncnc(-c3ccc(F)cc3)c2F)C1. The topological polar surface area (TPSA) is 90.9 Å². The minimum atomic E-state index is -0.576. The van der Waals surface area contributed by atoms with E-state index < -0.39 is 11.6 Å². The van der Waals surface area contributed by atoms with Gasteiger partial charge in [0.15, 0.2) is 17.3 Å². The van der Waals surface area contributed by atoms with Gasteiger partial charge in [-0.15, -0.1) is 0 Å². The zero-order valence-electron chi connectivity index (χ0n) is 14.3. The molecule has 0 aliphatic carbocycles. The molecule has 0 saturated carbocycles. The van der Waals surface area contributed by atoms with Crippen molar-refractivity contribution in [1.82, 2.24) is 30.3 Å². The van der Waals surface area contributed by atoms with E-state index in [1.165, 1.54) is 36.8 Å². The van der Waals surface area contributed by atoms with E-state index >= 15 is 0 Å². The Bertz CT molecular complexity index is 956. The fraction of sp³-hybridized carbons (Fsp3) is 0.235. The zero-order valence-corrected chi connectivity index (χ0v) is 14.3. The first-order valence-electron chi connectivity index (χ1n) is 8.19. The highest BCUT2D eigenvalue weighted by atomic mass is 19.1. The molecular formula is C17H15F2N7O. The van der Waals surface area contributed by atoms with Gasteiger partial charge >= 0.3 is 0 Å². The fourth-order valence-corrected chi connectivity index (χ4v) is 2.91. The maximum absolute atomic E-state index is 14.9. The maximum Gasteiger partial charge on any atom is 0.276 e. The third-order valence-electron chi connectivity index (χ3n) is 4.55. The van der Waals surface area contributed by atoms with Gasteiger partial charge in [0.1, 0.15) is 17.8 Å². The molecule has 1 aliphatic heterocycles. The molecule has 0 spiro atoms. The molecule has 0 bridgehead atoms. The van der Waals surface area contributed by atoms with Crippen LogP contribution in [0.25, 0.3) is 11.3 Å². The third kappa shape index (κ3) is 3.09. The van der Waals surface area contributed by atoms with E-state index in [-0.39, 0.29) is 29.2 Å². The molecule has 8 nitrogen and oxygen atoms in total. The number of hydrogen-bond acceptors (Lipinski definition) is 6. The first kappa shape index (κ1) is 17.0. The van der Waals surface area contributed by atoms with Crippen molar-refractivity contribution in [2.75, 3.05) is 25.0 Å². The predicted molar refractivity (Wildman–Crippen MR) is 91.9 cm³/mol. The Balaban J connectivity index is 1.49. The van der Waals surface area contributed by atoms with Crippen LogP contribution in [0.2, 0.25) is 0 Å². The number of nitrogens with one attached hydrogen (secondary N) is 1. The molecule has 1 aliphatic rings. The molecule has 1 N–H and O–H groups in total. The summed E-state index contributed by atoms with van der Waals surface area (Å²) in [6.07, 6.45) is 2.63. The molecule has 1 aromatic carbocycles. The van der Waals surface area contributed by atoms with E-state index in [9.17, 15) is 13.6 Å². The van der Waals surface area contributed by atoms with E-state index in [1.54, 1.807) is 16.8 Å². The number of aromatic amines is 1. The summed E-state index contributed by atoms with van der Waals surface area (Å²) < 4.78 is 28.0. The highest BCUT2D eigenvalue weighted by Crippen LogP contribution is 2.29. The van der Waals surface area contributed by atoms with Crippen molar-refractivity contribution < 1.29 is 13.6 Å². The van der Waals surface area contributed by atoms with E-state index in [0.717, 1.165) is 0 Å². The summed E-state index contributed by atoms with van der Waals surface area (Å²) in [6, 6.07) is 5.33. The normalized spacial score (nSPS) is 14.1. The first-order chi connectivity index (χ1) is 13.0. The Labute approximate surface area is 152 Å². The van der Waals surface area contributed by atoms with E-state index in [1.807, 2.05) is 0 Å². The fourth-order valence-electron chi connectivity index (χ4n) is 2.91. The van der Waals surface area contributed by atoms with Crippen molar-refractivity contribution in [2.45, 2.75) is 6.04 Å². The van der Waals surface area contributed by atoms with Crippen LogP contribution in [0.3, 0.4) is 0 Å². The van der Waals surface area contributed by atoms with Gasteiger partial charge in [0.25, 0.3) is 5.91 Å². The molecule has 1 saturated heterocycles. The van der Waals surface area contributed by atoms with Gasteiger partial charge in [0.05, 0.1) is 12.2 Å². The summed E-state index contributed by atoms with van der Waals surface area (Å²) in [7, 11) is 1.67. The van der Waals surface area contributed by atoms with Gasteiger partial charge in [-0.05, 0) is 24.3 Å². The highest BCUT2D eigenvalue weighted by molar-refractivity contribution is 5.92. The summed E-state index contributed by atoms with van der Waals surface area (Å²) >= 11 is 0. The molecule has 27 heavy (non-hydrogen) atoms. The zero-order chi connectivity index (χ0) is 19.0. The molecule has 138 valence electrons. The minimum Gasteiger partial charge on any atom is -0.350 e. The van der Waals surface area contributed by atoms with Crippen LogP contribution in [-0.2, 0) is 0 Å². The average Bonchev–Trinajstić information content (AvgIpc) is 3.16. The summed E-state index contributed by atoms with van der Waals surface area (Å²) in [6.45, 7) is 0.855. The smallest absolute Gasteiger partial charge is 0.276 e. The molecule has 0 radical (unpaired) electrons. The third-order valence-corrected chi connectivity index (χ3v) is 4.55.